The molecule has 0 bridgehead atoms. The topological polar surface area (TPSA) is 42.0 Å². The van der Waals surface area contributed by atoms with Crippen molar-refractivity contribution in [2.24, 2.45) is 0 Å². The zero-order valence-electron chi connectivity index (χ0n) is 16.1. The van der Waals surface area contributed by atoms with Gasteiger partial charge in [0.2, 0.25) is 0 Å². The molecule has 0 unspecified atom stereocenters. The molecule has 0 spiro atoms. The van der Waals surface area contributed by atoms with Crippen molar-refractivity contribution in [3.8, 4) is 5.75 Å². The first kappa shape index (κ1) is 19.4. The standard InChI is InChI=1S/C22H28N2O3/c1-3-26-15-16-27-21-12-8-7-11-19(21)22(25)24-14-13-23(2)20(17-24)18-9-5-4-6-10-18/h4-12,20H,3,13-17H2,1-2H3/t20-/m0/s1. The first-order valence-electron chi connectivity index (χ1n) is 9.54. The van der Waals surface area contributed by atoms with Gasteiger partial charge in [-0.1, -0.05) is 42.5 Å². The van der Waals surface area contributed by atoms with Crippen LogP contribution in [0.15, 0.2) is 54.6 Å². The van der Waals surface area contributed by atoms with Crippen LogP contribution in [-0.2, 0) is 4.74 Å². The maximum Gasteiger partial charge on any atom is 0.257 e. The highest BCUT2D eigenvalue weighted by atomic mass is 16.5. The molecular weight excluding hydrogens is 340 g/mol. The van der Waals surface area contributed by atoms with Gasteiger partial charge < -0.3 is 14.4 Å². The molecule has 0 N–H and O–H groups in total. The highest BCUT2D eigenvalue weighted by molar-refractivity contribution is 5.97. The minimum atomic E-state index is 0.0241. The fourth-order valence-electron chi connectivity index (χ4n) is 3.39. The van der Waals surface area contributed by atoms with E-state index in [0.29, 0.717) is 44.2 Å². The molecule has 1 heterocycles. The smallest absolute Gasteiger partial charge is 0.257 e. The maximum atomic E-state index is 13.2. The second-order valence-electron chi connectivity index (χ2n) is 6.70. The molecule has 0 aliphatic carbocycles. The van der Waals surface area contributed by atoms with E-state index in [4.69, 9.17) is 9.47 Å². The average molecular weight is 368 g/mol. The molecule has 2 aromatic rings. The van der Waals surface area contributed by atoms with Crippen molar-refractivity contribution in [3.05, 3.63) is 65.7 Å². The van der Waals surface area contributed by atoms with E-state index < -0.39 is 0 Å². The average Bonchev–Trinajstić information content (AvgIpc) is 2.72. The van der Waals surface area contributed by atoms with Crippen LogP contribution in [0, 0.1) is 0 Å². The van der Waals surface area contributed by atoms with Crippen molar-refractivity contribution in [2.45, 2.75) is 13.0 Å². The Morgan fingerprint density at radius 2 is 1.78 bits per heavy atom. The minimum absolute atomic E-state index is 0.0241. The van der Waals surface area contributed by atoms with Crippen molar-refractivity contribution in [2.75, 3.05) is 46.5 Å². The third kappa shape index (κ3) is 4.87. The molecule has 2 aromatic carbocycles. The first-order chi connectivity index (χ1) is 13.2. The fraction of sp³-hybridized carbons (Fsp3) is 0.409. The van der Waals surface area contributed by atoms with Crippen molar-refractivity contribution >= 4 is 5.91 Å². The van der Waals surface area contributed by atoms with Gasteiger partial charge in [0.05, 0.1) is 18.2 Å². The van der Waals surface area contributed by atoms with E-state index in [9.17, 15) is 4.79 Å². The van der Waals surface area contributed by atoms with Crippen LogP contribution in [0.1, 0.15) is 28.9 Å². The van der Waals surface area contributed by atoms with Gasteiger partial charge in [-0.25, -0.2) is 0 Å². The Bertz CT molecular complexity index is 735. The highest BCUT2D eigenvalue weighted by Crippen LogP contribution is 2.27. The Morgan fingerprint density at radius 3 is 2.56 bits per heavy atom. The lowest BCUT2D eigenvalue weighted by molar-refractivity contribution is 0.0539. The number of hydrogen-bond acceptors (Lipinski definition) is 4. The largest absolute Gasteiger partial charge is 0.490 e. The predicted molar refractivity (Wildman–Crippen MR) is 106 cm³/mol. The van der Waals surface area contributed by atoms with Gasteiger partial charge in [0, 0.05) is 26.2 Å². The van der Waals surface area contributed by atoms with E-state index in [0.717, 1.165) is 6.54 Å². The molecule has 1 aliphatic rings. The molecule has 0 aromatic heterocycles. The van der Waals surface area contributed by atoms with Gasteiger partial charge in [-0.2, -0.15) is 0 Å². The van der Waals surface area contributed by atoms with Gasteiger partial charge in [-0.3, -0.25) is 9.69 Å². The third-order valence-electron chi connectivity index (χ3n) is 4.93. The Labute approximate surface area is 161 Å². The van der Waals surface area contributed by atoms with Crippen molar-refractivity contribution in [3.63, 3.8) is 0 Å². The van der Waals surface area contributed by atoms with E-state index in [2.05, 4.69) is 24.1 Å². The predicted octanol–water partition coefficient (Wildman–Crippen LogP) is 3.23. The number of hydrogen-bond donors (Lipinski definition) is 0. The lowest BCUT2D eigenvalue weighted by Gasteiger charge is -2.40. The number of carbonyl (C=O) groups is 1. The molecule has 3 rings (SSSR count). The first-order valence-corrected chi connectivity index (χ1v) is 9.54. The number of carbonyl (C=O) groups excluding carboxylic acids is 1. The Morgan fingerprint density at radius 1 is 1.04 bits per heavy atom. The van der Waals surface area contributed by atoms with Crippen LogP contribution in [0.5, 0.6) is 5.75 Å². The molecule has 0 radical (unpaired) electrons. The molecule has 1 aliphatic heterocycles. The van der Waals surface area contributed by atoms with Crippen LogP contribution in [-0.4, -0.2) is 62.2 Å². The molecule has 5 nitrogen and oxygen atoms in total. The number of amides is 1. The van der Waals surface area contributed by atoms with Gasteiger partial charge in [0.1, 0.15) is 12.4 Å². The summed E-state index contributed by atoms with van der Waals surface area (Å²) in [6.07, 6.45) is 0. The summed E-state index contributed by atoms with van der Waals surface area (Å²) < 4.78 is 11.1. The third-order valence-corrected chi connectivity index (χ3v) is 4.93. The summed E-state index contributed by atoms with van der Waals surface area (Å²) in [6.45, 7) is 5.80. The molecule has 0 saturated carbocycles. The van der Waals surface area contributed by atoms with Crippen LogP contribution < -0.4 is 4.74 Å². The zero-order valence-corrected chi connectivity index (χ0v) is 16.1. The van der Waals surface area contributed by atoms with Crippen LogP contribution in [0.3, 0.4) is 0 Å². The number of piperazine rings is 1. The quantitative estimate of drug-likeness (QED) is 0.704. The lowest BCUT2D eigenvalue weighted by Crippen LogP contribution is -2.49. The lowest BCUT2D eigenvalue weighted by atomic mass is 10.0. The number of ether oxygens (including phenoxy) is 2. The summed E-state index contributed by atoms with van der Waals surface area (Å²) in [6, 6.07) is 18.0. The number of likely N-dealkylation sites (N-methyl/N-ethyl adjacent to an activating group) is 1. The van der Waals surface area contributed by atoms with Crippen molar-refractivity contribution in [1.29, 1.82) is 0 Å². The van der Waals surface area contributed by atoms with Gasteiger partial charge in [-0.05, 0) is 31.7 Å². The van der Waals surface area contributed by atoms with Crippen LogP contribution in [0.4, 0.5) is 0 Å². The van der Waals surface area contributed by atoms with Gasteiger partial charge >= 0.3 is 0 Å². The van der Waals surface area contributed by atoms with Gasteiger partial charge in [0.15, 0.2) is 0 Å². The Kier molecular flexibility index (Phi) is 6.85. The Balaban J connectivity index is 1.72. The van der Waals surface area contributed by atoms with Crippen LogP contribution in [0.25, 0.3) is 0 Å². The number of nitrogens with zero attached hydrogens (tertiary/aromatic N) is 2. The summed E-state index contributed by atoms with van der Waals surface area (Å²) >= 11 is 0. The summed E-state index contributed by atoms with van der Waals surface area (Å²) in [4.78, 5) is 17.4. The molecular formula is C22H28N2O3. The summed E-state index contributed by atoms with van der Waals surface area (Å²) in [5.74, 6) is 0.647. The second-order valence-corrected chi connectivity index (χ2v) is 6.70. The molecule has 1 fully saturated rings. The molecule has 1 amide bonds. The van der Waals surface area contributed by atoms with E-state index >= 15 is 0 Å². The molecule has 27 heavy (non-hydrogen) atoms. The molecule has 5 heteroatoms. The normalized spacial score (nSPS) is 17.7. The highest BCUT2D eigenvalue weighted by Gasteiger charge is 2.29. The second kappa shape index (κ2) is 9.53. The summed E-state index contributed by atoms with van der Waals surface area (Å²) in [7, 11) is 2.12. The maximum absolute atomic E-state index is 13.2. The van der Waals surface area contributed by atoms with E-state index in [1.807, 2.05) is 54.3 Å². The molecule has 144 valence electrons. The van der Waals surface area contributed by atoms with Gasteiger partial charge in [-0.15, -0.1) is 0 Å². The van der Waals surface area contributed by atoms with Crippen molar-refractivity contribution < 1.29 is 14.3 Å². The molecule has 1 atom stereocenters. The number of para-hydroxylation sites is 1. The van der Waals surface area contributed by atoms with Gasteiger partial charge in [0.25, 0.3) is 5.91 Å². The van der Waals surface area contributed by atoms with Crippen molar-refractivity contribution in [1.82, 2.24) is 9.80 Å². The fourth-order valence-corrected chi connectivity index (χ4v) is 3.39. The molecule has 1 saturated heterocycles. The van der Waals surface area contributed by atoms with E-state index in [1.54, 1.807) is 0 Å². The minimum Gasteiger partial charge on any atom is -0.490 e. The van der Waals surface area contributed by atoms with Crippen LogP contribution in [0.2, 0.25) is 0 Å². The zero-order chi connectivity index (χ0) is 19.1. The summed E-state index contributed by atoms with van der Waals surface area (Å²) in [5, 5.41) is 0. The SMILES string of the molecule is CCOCCOc1ccccc1C(=O)N1CCN(C)[C@H](c2ccccc2)C1. The monoisotopic (exact) mass is 368 g/mol. The van der Waals surface area contributed by atoms with E-state index in [1.165, 1.54) is 5.56 Å². The van der Waals surface area contributed by atoms with E-state index in [-0.39, 0.29) is 11.9 Å². The number of benzene rings is 2. The summed E-state index contributed by atoms with van der Waals surface area (Å²) in [5.41, 5.74) is 1.85. The number of rotatable bonds is 7. The Hall–Kier alpha value is -2.37. The van der Waals surface area contributed by atoms with Crippen LogP contribution >= 0.6 is 0 Å².